The van der Waals surface area contributed by atoms with Crippen LogP contribution in [0.25, 0.3) is 0 Å². The van der Waals surface area contributed by atoms with Gasteiger partial charge in [-0.15, -0.1) is 0 Å². The van der Waals surface area contributed by atoms with Crippen LogP contribution in [0, 0.1) is 6.92 Å². The molecule has 1 saturated heterocycles. The standard InChI is InChI=1S/C15H24N4O/c1-3-5-16-10-13-9-12(2)15(18-11-13)19-7-4-14(20)17-6-8-19/h9,11,16H,3-8,10H2,1-2H3,(H,17,20). The summed E-state index contributed by atoms with van der Waals surface area (Å²) < 4.78 is 0. The molecule has 110 valence electrons. The molecule has 1 fully saturated rings. The first-order valence-corrected chi connectivity index (χ1v) is 7.38. The molecule has 1 amide bonds. The third-order valence-corrected chi connectivity index (χ3v) is 3.48. The van der Waals surface area contributed by atoms with Crippen LogP contribution in [0.5, 0.6) is 0 Å². The fourth-order valence-electron chi connectivity index (χ4n) is 2.44. The van der Waals surface area contributed by atoms with Gasteiger partial charge in [0.05, 0.1) is 0 Å². The molecule has 5 heteroatoms. The molecule has 0 unspecified atom stereocenters. The number of anilines is 1. The number of nitrogens with zero attached hydrogens (tertiary/aromatic N) is 2. The molecule has 1 aromatic rings. The first kappa shape index (κ1) is 14.8. The van der Waals surface area contributed by atoms with Crippen LogP contribution >= 0.6 is 0 Å². The summed E-state index contributed by atoms with van der Waals surface area (Å²) in [6, 6.07) is 2.19. The SMILES string of the molecule is CCCNCc1cnc(N2CCNC(=O)CC2)c(C)c1. The molecule has 0 saturated carbocycles. The van der Waals surface area contributed by atoms with Gasteiger partial charge in [-0.2, -0.15) is 0 Å². The molecule has 0 atom stereocenters. The second-order valence-corrected chi connectivity index (χ2v) is 5.25. The molecule has 1 aliphatic heterocycles. The number of carbonyl (C=O) groups is 1. The average Bonchev–Trinajstić information content (AvgIpc) is 2.64. The van der Waals surface area contributed by atoms with Crippen molar-refractivity contribution in [1.29, 1.82) is 0 Å². The Kier molecular flexibility index (Phi) is 5.35. The Labute approximate surface area is 120 Å². The minimum Gasteiger partial charge on any atom is -0.354 e. The number of aryl methyl sites for hydroxylation is 1. The first-order valence-electron chi connectivity index (χ1n) is 7.38. The lowest BCUT2D eigenvalue weighted by molar-refractivity contribution is -0.120. The van der Waals surface area contributed by atoms with Gasteiger partial charge >= 0.3 is 0 Å². The Morgan fingerprint density at radius 2 is 2.30 bits per heavy atom. The van der Waals surface area contributed by atoms with E-state index in [1.807, 2.05) is 6.20 Å². The van der Waals surface area contributed by atoms with Gasteiger partial charge in [-0.25, -0.2) is 4.98 Å². The van der Waals surface area contributed by atoms with E-state index in [0.717, 1.165) is 38.4 Å². The molecule has 0 bridgehead atoms. The highest BCUT2D eigenvalue weighted by molar-refractivity contribution is 5.77. The van der Waals surface area contributed by atoms with Crippen molar-refractivity contribution in [2.75, 3.05) is 31.1 Å². The number of amides is 1. The van der Waals surface area contributed by atoms with Crippen molar-refractivity contribution in [3.05, 3.63) is 23.4 Å². The lowest BCUT2D eigenvalue weighted by Crippen LogP contribution is -2.29. The van der Waals surface area contributed by atoms with E-state index in [9.17, 15) is 4.79 Å². The van der Waals surface area contributed by atoms with Crippen LogP contribution < -0.4 is 15.5 Å². The van der Waals surface area contributed by atoms with Crippen molar-refractivity contribution in [2.45, 2.75) is 33.2 Å². The average molecular weight is 276 g/mol. The molecule has 1 aliphatic rings. The molecule has 5 nitrogen and oxygen atoms in total. The van der Waals surface area contributed by atoms with E-state index in [1.165, 1.54) is 11.1 Å². The van der Waals surface area contributed by atoms with Crippen molar-refractivity contribution >= 4 is 11.7 Å². The van der Waals surface area contributed by atoms with Crippen LogP contribution in [-0.2, 0) is 11.3 Å². The van der Waals surface area contributed by atoms with Crippen molar-refractivity contribution in [2.24, 2.45) is 0 Å². The van der Waals surface area contributed by atoms with Crippen LogP contribution in [0.4, 0.5) is 5.82 Å². The number of pyridine rings is 1. The van der Waals surface area contributed by atoms with Crippen molar-refractivity contribution < 1.29 is 4.79 Å². The Balaban J connectivity index is 2.03. The molecule has 0 aliphatic carbocycles. The van der Waals surface area contributed by atoms with E-state index >= 15 is 0 Å². The predicted molar refractivity (Wildman–Crippen MR) is 80.8 cm³/mol. The zero-order valence-corrected chi connectivity index (χ0v) is 12.4. The van der Waals surface area contributed by atoms with Gasteiger partial charge in [-0.3, -0.25) is 4.79 Å². The second-order valence-electron chi connectivity index (χ2n) is 5.25. The van der Waals surface area contributed by atoms with E-state index in [1.54, 1.807) is 0 Å². The maximum Gasteiger partial charge on any atom is 0.221 e. The predicted octanol–water partition coefficient (Wildman–Crippen LogP) is 1.22. The summed E-state index contributed by atoms with van der Waals surface area (Å²) in [6.45, 7) is 8.41. The van der Waals surface area contributed by atoms with Crippen molar-refractivity contribution in [3.63, 3.8) is 0 Å². The number of nitrogens with one attached hydrogen (secondary N) is 2. The van der Waals surface area contributed by atoms with E-state index in [4.69, 9.17) is 0 Å². The molecule has 1 aromatic heterocycles. The summed E-state index contributed by atoms with van der Waals surface area (Å²) in [5.74, 6) is 1.13. The summed E-state index contributed by atoms with van der Waals surface area (Å²) in [5.41, 5.74) is 2.39. The molecular weight excluding hydrogens is 252 g/mol. The molecule has 2 N–H and O–H groups in total. The van der Waals surface area contributed by atoms with E-state index in [-0.39, 0.29) is 5.91 Å². The zero-order valence-electron chi connectivity index (χ0n) is 12.4. The third kappa shape index (κ3) is 3.93. The van der Waals surface area contributed by atoms with Crippen LogP contribution in [0.15, 0.2) is 12.3 Å². The highest BCUT2D eigenvalue weighted by atomic mass is 16.1. The molecule has 2 heterocycles. The van der Waals surface area contributed by atoms with Gasteiger partial charge in [0.1, 0.15) is 5.82 Å². The highest BCUT2D eigenvalue weighted by Crippen LogP contribution is 2.18. The fraction of sp³-hybridized carbons (Fsp3) is 0.600. The third-order valence-electron chi connectivity index (χ3n) is 3.48. The van der Waals surface area contributed by atoms with Gasteiger partial charge in [0.2, 0.25) is 5.91 Å². The van der Waals surface area contributed by atoms with Crippen molar-refractivity contribution in [1.82, 2.24) is 15.6 Å². The number of carbonyl (C=O) groups excluding carboxylic acids is 1. The Morgan fingerprint density at radius 3 is 3.05 bits per heavy atom. The number of aromatic nitrogens is 1. The number of hydrogen-bond donors (Lipinski definition) is 2. The van der Waals surface area contributed by atoms with E-state index in [0.29, 0.717) is 13.0 Å². The summed E-state index contributed by atoms with van der Waals surface area (Å²) >= 11 is 0. The molecular formula is C15H24N4O. The Morgan fingerprint density at radius 1 is 1.45 bits per heavy atom. The summed E-state index contributed by atoms with van der Waals surface area (Å²) in [6.07, 6.45) is 3.62. The Bertz CT molecular complexity index is 461. The maximum absolute atomic E-state index is 11.4. The van der Waals surface area contributed by atoms with Gasteiger partial charge in [-0.05, 0) is 37.1 Å². The van der Waals surface area contributed by atoms with Crippen LogP contribution in [-0.4, -0.2) is 37.1 Å². The van der Waals surface area contributed by atoms with Gasteiger partial charge in [0.15, 0.2) is 0 Å². The number of rotatable bonds is 5. The van der Waals surface area contributed by atoms with Gasteiger partial charge in [0.25, 0.3) is 0 Å². The van der Waals surface area contributed by atoms with Gasteiger partial charge < -0.3 is 15.5 Å². The zero-order chi connectivity index (χ0) is 14.4. The fourth-order valence-corrected chi connectivity index (χ4v) is 2.44. The minimum atomic E-state index is 0.130. The Hall–Kier alpha value is -1.62. The summed E-state index contributed by atoms with van der Waals surface area (Å²) in [4.78, 5) is 18.2. The molecule has 0 aromatic carbocycles. The van der Waals surface area contributed by atoms with E-state index in [2.05, 4.69) is 40.4 Å². The van der Waals surface area contributed by atoms with E-state index < -0.39 is 0 Å². The lowest BCUT2D eigenvalue weighted by Gasteiger charge is -2.22. The monoisotopic (exact) mass is 276 g/mol. The van der Waals surface area contributed by atoms with Gasteiger partial charge in [0, 0.05) is 38.8 Å². The minimum absolute atomic E-state index is 0.130. The lowest BCUT2D eigenvalue weighted by atomic mass is 10.2. The van der Waals surface area contributed by atoms with Crippen molar-refractivity contribution in [3.8, 4) is 0 Å². The van der Waals surface area contributed by atoms with Gasteiger partial charge in [-0.1, -0.05) is 6.92 Å². The first-order chi connectivity index (χ1) is 9.70. The smallest absolute Gasteiger partial charge is 0.221 e. The topological polar surface area (TPSA) is 57.3 Å². The van der Waals surface area contributed by atoms with Crippen LogP contribution in [0.1, 0.15) is 30.9 Å². The largest absolute Gasteiger partial charge is 0.354 e. The summed E-state index contributed by atoms with van der Waals surface area (Å²) in [5, 5.41) is 6.28. The molecule has 20 heavy (non-hydrogen) atoms. The summed E-state index contributed by atoms with van der Waals surface area (Å²) in [7, 11) is 0. The molecule has 2 rings (SSSR count). The number of hydrogen-bond acceptors (Lipinski definition) is 4. The maximum atomic E-state index is 11.4. The second kappa shape index (κ2) is 7.24. The normalized spacial score (nSPS) is 15.9. The molecule has 0 spiro atoms. The van der Waals surface area contributed by atoms with Crippen LogP contribution in [0.2, 0.25) is 0 Å². The highest BCUT2D eigenvalue weighted by Gasteiger charge is 2.16. The van der Waals surface area contributed by atoms with Crippen LogP contribution in [0.3, 0.4) is 0 Å². The quantitative estimate of drug-likeness (QED) is 0.794. The molecule has 0 radical (unpaired) electrons.